The summed E-state index contributed by atoms with van der Waals surface area (Å²) in [6.07, 6.45) is 1.13. The van der Waals surface area contributed by atoms with Crippen LogP contribution in [0, 0.1) is 5.92 Å². The first kappa shape index (κ1) is 15.6. The van der Waals surface area contributed by atoms with E-state index in [4.69, 9.17) is 9.15 Å². The fourth-order valence-electron chi connectivity index (χ4n) is 2.91. The number of carbonyl (C=O) groups excluding carboxylic acids is 1. The van der Waals surface area contributed by atoms with Crippen LogP contribution in [0.5, 0.6) is 5.75 Å². The van der Waals surface area contributed by atoms with Crippen molar-refractivity contribution in [3.05, 3.63) is 42.2 Å². The summed E-state index contributed by atoms with van der Waals surface area (Å²) in [6, 6.07) is 11.1. The van der Waals surface area contributed by atoms with Crippen LogP contribution < -0.4 is 10.1 Å². The Morgan fingerprint density at radius 2 is 2.26 bits per heavy atom. The maximum Gasteiger partial charge on any atom is 0.287 e. The van der Waals surface area contributed by atoms with Crippen molar-refractivity contribution in [2.75, 3.05) is 33.8 Å². The van der Waals surface area contributed by atoms with E-state index in [9.17, 15) is 4.79 Å². The minimum atomic E-state index is -0.159. The quantitative estimate of drug-likeness (QED) is 0.922. The number of carbonyl (C=O) groups is 1. The molecule has 23 heavy (non-hydrogen) atoms. The molecule has 3 rings (SSSR count). The third-order valence-electron chi connectivity index (χ3n) is 4.22. The van der Waals surface area contributed by atoms with E-state index < -0.39 is 0 Å². The van der Waals surface area contributed by atoms with Crippen LogP contribution >= 0.6 is 0 Å². The van der Waals surface area contributed by atoms with Crippen molar-refractivity contribution in [1.82, 2.24) is 10.2 Å². The van der Waals surface area contributed by atoms with Gasteiger partial charge in [-0.3, -0.25) is 4.79 Å². The van der Waals surface area contributed by atoms with Gasteiger partial charge in [0.25, 0.3) is 5.91 Å². The molecule has 2 heterocycles. The summed E-state index contributed by atoms with van der Waals surface area (Å²) in [5.74, 6) is 2.13. The first-order chi connectivity index (χ1) is 11.2. The predicted octanol–water partition coefficient (Wildman–Crippen LogP) is 2.64. The van der Waals surface area contributed by atoms with Gasteiger partial charge < -0.3 is 19.4 Å². The molecule has 1 aromatic carbocycles. The van der Waals surface area contributed by atoms with Crippen molar-refractivity contribution in [3.63, 3.8) is 0 Å². The lowest BCUT2D eigenvalue weighted by Gasteiger charge is -2.10. The number of hydrogen-bond donors (Lipinski definition) is 1. The number of amides is 1. The number of nitrogens with one attached hydrogen (secondary N) is 1. The van der Waals surface area contributed by atoms with Crippen molar-refractivity contribution in [2.24, 2.45) is 5.92 Å². The van der Waals surface area contributed by atoms with E-state index in [2.05, 4.69) is 17.3 Å². The average Bonchev–Trinajstić information content (AvgIpc) is 3.22. The number of hydrogen-bond acceptors (Lipinski definition) is 4. The van der Waals surface area contributed by atoms with Gasteiger partial charge in [-0.25, -0.2) is 0 Å². The summed E-state index contributed by atoms with van der Waals surface area (Å²) >= 11 is 0. The van der Waals surface area contributed by atoms with Crippen molar-refractivity contribution >= 4 is 5.91 Å². The van der Waals surface area contributed by atoms with Crippen LogP contribution in [-0.2, 0) is 0 Å². The second kappa shape index (κ2) is 6.87. The van der Waals surface area contributed by atoms with E-state index in [0.29, 0.717) is 24.0 Å². The van der Waals surface area contributed by atoms with Gasteiger partial charge in [-0.05, 0) is 50.2 Å². The SMILES string of the molecule is COc1cccc(-c2ccc(C(=O)NC[C@@H]3CCN(C)C3)o2)c1. The zero-order valence-electron chi connectivity index (χ0n) is 13.5. The van der Waals surface area contributed by atoms with Crippen LogP contribution in [-0.4, -0.2) is 44.6 Å². The molecule has 2 aromatic rings. The second-order valence-corrected chi connectivity index (χ2v) is 6.02. The number of ether oxygens (including phenoxy) is 1. The molecule has 122 valence electrons. The Balaban J connectivity index is 1.62. The van der Waals surface area contributed by atoms with Gasteiger partial charge in [-0.1, -0.05) is 12.1 Å². The molecular formula is C18H22N2O3. The Labute approximate surface area is 136 Å². The number of methoxy groups -OCH3 is 1. The largest absolute Gasteiger partial charge is 0.497 e. The van der Waals surface area contributed by atoms with Crippen molar-refractivity contribution < 1.29 is 13.9 Å². The average molecular weight is 314 g/mol. The highest BCUT2D eigenvalue weighted by Gasteiger charge is 2.21. The zero-order valence-corrected chi connectivity index (χ0v) is 13.5. The molecule has 1 amide bonds. The van der Waals surface area contributed by atoms with E-state index in [1.807, 2.05) is 30.3 Å². The summed E-state index contributed by atoms with van der Waals surface area (Å²) in [5, 5.41) is 2.96. The van der Waals surface area contributed by atoms with Crippen molar-refractivity contribution in [3.8, 4) is 17.1 Å². The molecule has 5 heteroatoms. The molecule has 1 aliphatic heterocycles. The van der Waals surface area contributed by atoms with Crippen LogP contribution in [0.1, 0.15) is 17.0 Å². The molecule has 1 atom stereocenters. The predicted molar refractivity (Wildman–Crippen MR) is 88.6 cm³/mol. The van der Waals surface area contributed by atoms with E-state index in [0.717, 1.165) is 30.8 Å². The Bertz CT molecular complexity index is 680. The lowest BCUT2D eigenvalue weighted by molar-refractivity contribution is 0.0920. The number of nitrogens with zero attached hydrogens (tertiary/aromatic N) is 1. The number of furan rings is 1. The van der Waals surface area contributed by atoms with Gasteiger partial charge in [0, 0.05) is 18.7 Å². The molecule has 0 bridgehead atoms. The smallest absolute Gasteiger partial charge is 0.287 e. The molecule has 1 fully saturated rings. The van der Waals surface area contributed by atoms with Gasteiger partial charge in [0.15, 0.2) is 5.76 Å². The third kappa shape index (κ3) is 3.74. The molecule has 0 spiro atoms. The molecule has 1 aromatic heterocycles. The Hall–Kier alpha value is -2.27. The lowest BCUT2D eigenvalue weighted by atomic mass is 10.1. The Morgan fingerprint density at radius 1 is 1.39 bits per heavy atom. The minimum absolute atomic E-state index is 0.159. The Kier molecular flexibility index (Phi) is 4.67. The summed E-state index contributed by atoms with van der Waals surface area (Å²) < 4.78 is 10.9. The maximum atomic E-state index is 12.2. The summed E-state index contributed by atoms with van der Waals surface area (Å²) in [4.78, 5) is 14.5. The van der Waals surface area contributed by atoms with Crippen LogP contribution in [0.25, 0.3) is 11.3 Å². The maximum absolute atomic E-state index is 12.2. The van der Waals surface area contributed by atoms with Crippen LogP contribution in [0.4, 0.5) is 0 Å². The number of benzene rings is 1. The molecule has 1 N–H and O–H groups in total. The van der Waals surface area contributed by atoms with E-state index in [1.54, 1.807) is 13.2 Å². The second-order valence-electron chi connectivity index (χ2n) is 6.02. The van der Waals surface area contributed by atoms with Gasteiger partial charge in [0.05, 0.1) is 7.11 Å². The van der Waals surface area contributed by atoms with Crippen LogP contribution in [0.2, 0.25) is 0 Å². The summed E-state index contributed by atoms with van der Waals surface area (Å²) in [5.41, 5.74) is 0.890. The van der Waals surface area contributed by atoms with Gasteiger partial charge in [-0.15, -0.1) is 0 Å². The van der Waals surface area contributed by atoms with Gasteiger partial charge in [0.2, 0.25) is 0 Å². The van der Waals surface area contributed by atoms with E-state index in [-0.39, 0.29) is 5.91 Å². The summed E-state index contributed by atoms with van der Waals surface area (Å²) in [6.45, 7) is 2.83. The zero-order chi connectivity index (χ0) is 16.2. The Morgan fingerprint density at radius 3 is 3.00 bits per heavy atom. The topological polar surface area (TPSA) is 54.7 Å². The van der Waals surface area contributed by atoms with E-state index >= 15 is 0 Å². The molecule has 5 nitrogen and oxygen atoms in total. The molecule has 0 radical (unpaired) electrons. The number of rotatable bonds is 5. The molecule has 1 aliphatic rings. The van der Waals surface area contributed by atoms with Gasteiger partial charge in [-0.2, -0.15) is 0 Å². The number of likely N-dealkylation sites (tertiary alicyclic amines) is 1. The highest BCUT2D eigenvalue weighted by Crippen LogP contribution is 2.25. The van der Waals surface area contributed by atoms with Gasteiger partial charge >= 0.3 is 0 Å². The highest BCUT2D eigenvalue weighted by molar-refractivity contribution is 5.92. The fourth-order valence-corrected chi connectivity index (χ4v) is 2.91. The highest BCUT2D eigenvalue weighted by atomic mass is 16.5. The molecule has 0 saturated carbocycles. The van der Waals surface area contributed by atoms with Crippen LogP contribution in [0.15, 0.2) is 40.8 Å². The van der Waals surface area contributed by atoms with E-state index in [1.165, 1.54) is 0 Å². The first-order valence-corrected chi connectivity index (χ1v) is 7.86. The lowest BCUT2D eigenvalue weighted by Crippen LogP contribution is -2.30. The van der Waals surface area contributed by atoms with Crippen molar-refractivity contribution in [2.45, 2.75) is 6.42 Å². The molecule has 0 aliphatic carbocycles. The monoisotopic (exact) mass is 314 g/mol. The fraction of sp³-hybridized carbons (Fsp3) is 0.389. The first-order valence-electron chi connectivity index (χ1n) is 7.86. The van der Waals surface area contributed by atoms with Crippen molar-refractivity contribution in [1.29, 1.82) is 0 Å². The molecule has 0 unspecified atom stereocenters. The summed E-state index contributed by atoms with van der Waals surface area (Å²) in [7, 11) is 3.73. The standard InChI is InChI=1S/C18H22N2O3/c1-20-9-8-13(12-20)11-19-18(21)17-7-6-16(23-17)14-4-3-5-15(10-14)22-2/h3-7,10,13H,8-9,11-12H2,1-2H3,(H,19,21)/t13-/m0/s1. The van der Waals surface area contributed by atoms with Crippen LogP contribution in [0.3, 0.4) is 0 Å². The normalized spacial score (nSPS) is 18.1. The third-order valence-corrected chi connectivity index (χ3v) is 4.22. The van der Waals surface area contributed by atoms with Gasteiger partial charge in [0.1, 0.15) is 11.5 Å². The molecule has 1 saturated heterocycles. The molecular weight excluding hydrogens is 292 g/mol. The minimum Gasteiger partial charge on any atom is -0.497 e.